The molecule has 0 unspecified atom stereocenters. The zero-order valence-corrected chi connectivity index (χ0v) is 24.4. The third-order valence-electron chi connectivity index (χ3n) is 8.91. The maximum absolute atomic E-state index is 6.69. The van der Waals surface area contributed by atoms with Crippen LogP contribution >= 0.6 is 0 Å². The fourth-order valence-electron chi connectivity index (χ4n) is 6.82. The Morgan fingerprint density at radius 2 is 1.00 bits per heavy atom. The molecule has 10 aromatic rings. The molecule has 0 N–H and O–H groups in total. The van der Waals surface area contributed by atoms with Crippen LogP contribution in [-0.4, -0.2) is 15.0 Å². The van der Waals surface area contributed by atoms with Crippen molar-refractivity contribution in [3.8, 4) is 34.2 Å². The molecule has 0 saturated carbocycles. The standard InChI is InChI=1S/C41H23N3O2/c1-3-12-25(13-4-1)39-42-40(26-14-5-2-6-15-26)44-41(43-39)31-23-34-37(35-27-16-8-7-11-24(27)19-22-33(35)45-34)36-29(31)20-21-30-28-17-9-10-18-32(28)46-38(30)36/h1-23H. The van der Waals surface area contributed by atoms with Gasteiger partial charge in [0, 0.05) is 43.6 Å². The van der Waals surface area contributed by atoms with E-state index in [4.69, 9.17) is 23.8 Å². The van der Waals surface area contributed by atoms with E-state index in [0.29, 0.717) is 17.5 Å². The number of para-hydroxylation sites is 1. The van der Waals surface area contributed by atoms with E-state index < -0.39 is 0 Å². The number of hydrogen-bond acceptors (Lipinski definition) is 5. The van der Waals surface area contributed by atoms with E-state index in [0.717, 1.165) is 82.1 Å². The second-order valence-corrected chi connectivity index (χ2v) is 11.6. The van der Waals surface area contributed by atoms with Gasteiger partial charge in [0.1, 0.15) is 22.3 Å². The SMILES string of the molecule is c1ccc(-c2nc(-c3ccccc3)nc(-c3cc4oc5ccc6ccccc6c5c4c4c3ccc3c5ccccc5oc34)n2)cc1. The Hall–Kier alpha value is -6.33. The van der Waals surface area contributed by atoms with E-state index in [1.807, 2.05) is 72.8 Å². The highest BCUT2D eigenvalue weighted by Gasteiger charge is 2.23. The largest absolute Gasteiger partial charge is 0.456 e. The van der Waals surface area contributed by atoms with E-state index in [2.05, 4.69) is 66.7 Å². The first-order chi connectivity index (χ1) is 22.8. The lowest BCUT2D eigenvalue weighted by Gasteiger charge is -2.11. The predicted molar refractivity (Wildman–Crippen MR) is 186 cm³/mol. The monoisotopic (exact) mass is 589 g/mol. The predicted octanol–water partition coefficient (Wildman–Crippen LogP) is 11.0. The molecule has 0 amide bonds. The molecule has 5 nitrogen and oxygen atoms in total. The van der Waals surface area contributed by atoms with E-state index >= 15 is 0 Å². The molecule has 0 radical (unpaired) electrons. The molecule has 0 aliphatic rings. The summed E-state index contributed by atoms with van der Waals surface area (Å²) in [6.45, 7) is 0. The second kappa shape index (κ2) is 9.58. The van der Waals surface area contributed by atoms with Crippen LogP contribution in [0.3, 0.4) is 0 Å². The van der Waals surface area contributed by atoms with Gasteiger partial charge in [-0.15, -0.1) is 0 Å². The number of benzene rings is 7. The first kappa shape index (κ1) is 25.0. The van der Waals surface area contributed by atoms with E-state index in [1.165, 1.54) is 0 Å². The minimum Gasteiger partial charge on any atom is -0.456 e. The minimum absolute atomic E-state index is 0.570. The van der Waals surface area contributed by atoms with Crippen LogP contribution in [-0.2, 0) is 0 Å². The Morgan fingerprint density at radius 3 is 1.76 bits per heavy atom. The van der Waals surface area contributed by atoms with Crippen molar-refractivity contribution < 1.29 is 8.83 Å². The van der Waals surface area contributed by atoms with Crippen molar-refractivity contribution in [2.24, 2.45) is 0 Å². The van der Waals surface area contributed by atoms with Crippen LogP contribution in [0.5, 0.6) is 0 Å². The summed E-state index contributed by atoms with van der Waals surface area (Å²) in [5.74, 6) is 1.79. The van der Waals surface area contributed by atoms with Gasteiger partial charge in [-0.1, -0.05) is 115 Å². The van der Waals surface area contributed by atoms with Crippen LogP contribution in [0.15, 0.2) is 148 Å². The van der Waals surface area contributed by atoms with Gasteiger partial charge in [0.25, 0.3) is 0 Å². The van der Waals surface area contributed by atoms with Crippen LogP contribution in [0.4, 0.5) is 0 Å². The van der Waals surface area contributed by atoms with Crippen LogP contribution in [0.25, 0.3) is 99.6 Å². The number of rotatable bonds is 3. The molecule has 3 heterocycles. The molecule has 0 saturated heterocycles. The molecule has 3 aromatic heterocycles. The second-order valence-electron chi connectivity index (χ2n) is 11.6. The van der Waals surface area contributed by atoms with Crippen LogP contribution in [0.1, 0.15) is 0 Å². The van der Waals surface area contributed by atoms with Crippen molar-refractivity contribution in [1.82, 2.24) is 15.0 Å². The van der Waals surface area contributed by atoms with Crippen molar-refractivity contribution in [3.63, 3.8) is 0 Å². The van der Waals surface area contributed by atoms with Crippen LogP contribution in [0.2, 0.25) is 0 Å². The first-order valence-corrected chi connectivity index (χ1v) is 15.3. The fraction of sp³-hybridized carbons (Fsp3) is 0. The van der Waals surface area contributed by atoms with Gasteiger partial charge in [-0.3, -0.25) is 0 Å². The third kappa shape index (κ3) is 3.66. The summed E-state index contributed by atoms with van der Waals surface area (Å²) in [5, 5.41) is 8.50. The van der Waals surface area contributed by atoms with Gasteiger partial charge in [0.15, 0.2) is 17.5 Å². The number of furan rings is 2. The Bertz CT molecular complexity index is 2740. The Kier molecular flexibility index (Phi) is 5.22. The molecule has 0 bridgehead atoms. The third-order valence-corrected chi connectivity index (χ3v) is 8.91. The van der Waals surface area contributed by atoms with Gasteiger partial charge in [-0.2, -0.15) is 0 Å². The van der Waals surface area contributed by atoms with Crippen molar-refractivity contribution in [3.05, 3.63) is 140 Å². The topological polar surface area (TPSA) is 65.0 Å². The van der Waals surface area contributed by atoms with Gasteiger partial charge >= 0.3 is 0 Å². The Morgan fingerprint density at radius 1 is 0.370 bits per heavy atom. The smallest absolute Gasteiger partial charge is 0.164 e. The lowest BCUT2D eigenvalue weighted by Crippen LogP contribution is -2.00. The lowest BCUT2D eigenvalue weighted by atomic mass is 9.95. The molecule has 46 heavy (non-hydrogen) atoms. The molecular weight excluding hydrogens is 566 g/mol. The molecule has 10 rings (SSSR count). The highest BCUT2D eigenvalue weighted by molar-refractivity contribution is 6.33. The summed E-state index contributed by atoms with van der Waals surface area (Å²) < 4.78 is 13.4. The molecule has 7 aromatic carbocycles. The van der Waals surface area contributed by atoms with E-state index in [9.17, 15) is 0 Å². The van der Waals surface area contributed by atoms with Crippen molar-refractivity contribution in [1.29, 1.82) is 0 Å². The number of fused-ring (bicyclic) bond motifs is 11. The maximum atomic E-state index is 6.69. The van der Waals surface area contributed by atoms with Gasteiger partial charge in [-0.25, -0.2) is 15.0 Å². The molecule has 0 aliphatic heterocycles. The van der Waals surface area contributed by atoms with E-state index in [-0.39, 0.29) is 0 Å². The van der Waals surface area contributed by atoms with Gasteiger partial charge in [0.2, 0.25) is 0 Å². The highest BCUT2D eigenvalue weighted by atomic mass is 16.3. The molecule has 0 fully saturated rings. The number of nitrogens with zero attached hydrogens (tertiary/aromatic N) is 3. The normalized spacial score (nSPS) is 11.9. The van der Waals surface area contributed by atoms with Crippen molar-refractivity contribution >= 4 is 65.4 Å². The van der Waals surface area contributed by atoms with Crippen LogP contribution in [0, 0.1) is 0 Å². The molecular formula is C41H23N3O2. The van der Waals surface area contributed by atoms with Gasteiger partial charge < -0.3 is 8.83 Å². The van der Waals surface area contributed by atoms with E-state index in [1.54, 1.807) is 0 Å². The lowest BCUT2D eigenvalue weighted by molar-refractivity contribution is 0.668. The average Bonchev–Trinajstić information content (AvgIpc) is 3.70. The quantitative estimate of drug-likeness (QED) is 0.205. The summed E-state index contributed by atoms with van der Waals surface area (Å²) in [6.07, 6.45) is 0. The average molecular weight is 590 g/mol. The zero-order valence-electron chi connectivity index (χ0n) is 24.4. The Balaban J connectivity index is 1.38. The summed E-state index contributed by atoms with van der Waals surface area (Å²) in [6, 6.07) is 47.3. The van der Waals surface area contributed by atoms with Crippen molar-refractivity contribution in [2.75, 3.05) is 0 Å². The van der Waals surface area contributed by atoms with Gasteiger partial charge in [-0.05, 0) is 40.4 Å². The molecule has 214 valence electrons. The summed E-state index contributed by atoms with van der Waals surface area (Å²) in [4.78, 5) is 15.1. The number of aromatic nitrogens is 3. The fourth-order valence-corrected chi connectivity index (χ4v) is 6.82. The molecule has 0 atom stereocenters. The zero-order chi connectivity index (χ0) is 30.2. The molecule has 0 spiro atoms. The summed E-state index contributed by atoms with van der Waals surface area (Å²) in [5.41, 5.74) is 5.94. The molecule has 0 aliphatic carbocycles. The van der Waals surface area contributed by atoms with Crippen molar-refractivity contribution in [2.45, 2.75) is 0 Å². The summed E-state index contributed by atoms with van der Waals surface area (Å²) >= 11 is 0. The van der Waals surface area contributed by atoms with Crippen LogP contribution < -0.4 is 0 Å². The van der Waals surface area contributed by atoms with Gasteiger partial charge in [0.05, 0.1) is 0 Å². The highest BCUT2D eigenvalue weighted by Crippen LogP contribution is 2.46. The first-order valence-electron chi connectivity index (χ1n) is 15.3. The summed E-state index contributed by atoms with van der Waals surface area (Å²) in [7, 11) is 0. The number of hydrogen-bond donors (Lipinski definition) is 0. The Labute approximate surface area is 262 Å². The molecule has 5 heteroatoms. The maximum Gasteiger partial charge on any atom is 0.164 e. The minimum atomic E-state index is 0.570.